The third kappa shape index (κ3) is 5.08. The highest BCUT2D eigenvalue weighted by molar-refractivity contribution is 5.93. The molecule has 1 atom stereocenters. The monoisotopic (exact) mass is 372 g/mol. The van der Waals surface area contributed by atoms with Crippen LogP contribution in [0.1, 0.15) is 24.1 Å². The molecule has 0 radical (unpaired) electrons. The Labute approximate surface area is 155 Å². The van der Waals surface area contributed by atoms with Crippen molar-refractivity contribution in [3.63, 3.8) is 0 Å². The summed E-state index contributed by atoms with van der Waals surface area (Å²) >= 11 is 0. The number of hydrogen-bond donors (Lipinski definition) is 1. The molecule has 0 heterocycles. The van der Waals surface area contributed by atoms with Crippen molar-refractivity contribution in [1.29, 1.82) is 0 Å². The van der Waals surface area contributed by atoms with Gasteiger partial charge in [-0.3, -0.25) is 29.9 Å². The zero-order chi connectivity index (χ0) is 20.1. The van der Waals surface area contributed by atoms with Gasteiger partial charge in [0.25, 0.3) is 11.4 Å². The standard InChI is InChI=1S/C18H20N4O5/c1-12-7-8-16(22(26)27)10-17(12)19-18(23)11-20(3)13(2)14-5-4-6-15(9-14)21(24)25/h4-10,13H,11H2,1-3H3,(H,19,23). The SMILES string of the molecule is Cc1ccc([N+](=O)[O-])cc1NC(=O)CN(C)C(C)c1cccc([N+](=O)[O-])c1. The zero-order valence-electron chi connectivity index (χ0n) is 15.2. The van der Waals surface area contributed by atoms with Crippen LogP contribution in [0.3, 0.4) is 0 Å². The normalized spacial score (nSPS) is 11.9. The molecule has 1 unspecified atom stereocenters. The number of non-ortho nitro benzene ring substituents is 2. The van der Waals surface area contributed by atoms with Crippen molar-refractivity contribution in [1.82, 2.24) is 4.90 Å². The first-order valence-electron chi connectivity index (χ1n) is 8.18. The largest absolute Gasteiger partial charge is 0.324 e. The first-order chi connectivity index (χ1) is 12.7. The van der Waals surface area contributed by atoms with Gasteiger partial charge in [-0.1, -0.05) is 18.2 Å². The van der Waals surface area contributed by atoms with Gasteiger partial charge in [-0.25, -0.2) is 0 Å². The number of rotatable bonds is 7. The van der Waals surface area contributed by atoms with Crippen LogP contribution in [-0.4, -0.2) is 34.2 Å². The Balaban J connectivity index is 2.07. The summed E-state index contributed by atoms with van der Waals surface area (Å²) in [6, 6.07) is 10.3. The fourth-order valence-corrected chi connectivity index (χ4v) is 2.56. The van der Waals surface area contributed by atoms with Gasteiger partial charge in [-0.15, -0.1) is 0 Å². The summed E-state index contributed by atoms with van der Waals surface area (Å²) in [5.74, 6) is -0.335. The Morgan fingerprint density at radius 2 is 1.74 bits per heavy atom. The molecule has 0 fully saturated rings. The highest BCUT2D eigenvalue weighted by Crippen LogP contribution is 2.24. The van der Waals surface area contributed by atoms with Crippen LogP contribution in [0.5, 0.6) is 0 Å². The summed E-state index contributed by atoms with van der Waals surface area (Å²) in [6.07, 6.45) is 0. The summed E-state index contributed by atoms with van der Waals surface area (Å²) in [7, 11) is 1.73. The van der Waals surface area contributed by atoms with E-state index in [0.717, 1.165) is 0 Å². The smallest absolute Gasteiger partial charge is 0.271 e. The first kappa shape index (κ1) is 20.0. The molecule has 1 amide bonds. The first-order valence-corrected chi connectivity index (χ1v) is 8.18. The van der Waals surface area contributed by atoms with Gasteiger partial charge in [0.15, 0.2) is 0 Å². The van der Waals surface area contributed by atoms with Gasteiger partial charge in [0.1, 0.15) is 0 Å². The van der Waals surface area contributed by atoms with Crippen molar-refractivity contribution in [2.24, 2.45) is 0 Å². The Hall–Kier alpha value is -3.33. The molecule has 27 heavy (non-hydrogen) atoms. The quantitative estimate of drug-likeness (QED) is 0.587. The molecule has 9 heteroatoms. The second-order valence-electron chi connectivity index (χ2n) is 6.25. The van der Waals surface area contributed by atoms with Crippen LogP contribution in [0.2, 0.25) is 0 Å². The van der Waals surface area contributed by atoms with Crippen molar-refractivity contribution in [2.45, 2.75) is 19.9 Å². The molecule has 2 aromatic carbocycles. The molecule has 0 aliphatic carbocycles. The molecule has 0 saturated carbocycles. The minimum absolute atomic E-state index is 0.00979. The number of anilines is 1. The van der Waals surface area contributed by atoms with Gasteiger partial charge in [0.2, 0.25) is 5.91 Å². The number of carbonyl (C=O) groups is 1. The Kier molecular flexibility index (Phi) is 6.19. The number of nitro groups is 2. The second-order valence-corrected chi connectivity index (χ2v) is 6.25. The molecule has 0 aliphatic rings. The fraction of sp³-hybridized carbons (Fsp3) is 0.278. The van der Waals surface area contributed by atoms with Crippen LogP contribution >= 0.6 is 0 Å². The molecule has 1 N–H and O–H groups in total. The van der Waals surface area contributed by atoms with E-state index in [4.69, 9.17) is 0 Å². The molecule has 2 aromatic rings. The van der Waals surface area contributed by atoms with Gasteiger partial charge >= 0.3 is 0 Å². The van der Waals surface area contributed by atoms with Crippen molar-refractivity contribution in [3.05, 3.63) is 73.8 Å². The minimum atomic E-state index is -0.522. The summed E-state index contributed by atoms with van der Waals surface area (Å²) in [6.45, 7) is 3.60. The number of nitrogens with one attached hydrogen (secondary N) is 1. The molecule has 0 saturated heterocycles. The van der Waals surface area contributed by atoms with Gasteiger partial charge in [0, 0.05) is 30.3 Å². The fourth-order valence-electron chi connectivity index (χ4n) is 2.56. The summed E-state index contributed by atoms with van der Waals surface area (Å²) in [4.78, 5) is 34.9. The van der Waals surface area contributed by atoms with E-state index >= 15 is 0 Å². The second kappa shape index (κ2) is 8.37. The number of aryl methyl sites for hydroxylation is 1. The molecular weight excluding hydrogens is 352 g/mol. The zero-order valence-corrected chi connectivity index (χ0v) is 15.2. The van der Waals surface area contributed by atoms with Crippen molar-refractivity contribution in [2.75, 3.05) is 18.9 Å². The Morgan fingerprint density at radius 1 is 1.11 bits per heavy atom. The average molecular weight is 372 g/mol. The lowest BCUT2D eigenvalue weighted by molar-refractivity contribution is -0.385. The summed E-state index contributed by atoms with van der Waals surface area (Å²) in [5, 5.41) is 24.5. The maximum Gasteiger partial charge on any atom is 0.271 e. The van der Waals surface area contributed by atoms with Crippen LogP contribution < -0.4 is 5.32 Å². The molecule has 2 rings (SSSR count). The molecule has 0 aromatic heterocycles. The van der Waals surface area contributed by atoms with Gasteiger partial charge in [-0.2, -0.15) is 0 Å². The molecule has 0 bridgehead atoms. The van der Waals surface area contributed by atoms with E-state index in [2.05, 4.69) is 5.32 Å². The van der Waals surface area contributed by atoms with E-state index < -0.39 is 9.85 Å². The number of carbonyl (C=O) groups excluding carboxylic acids is 1. The van der Waals surface area contributed by atoms with E-state index in [1.54, 1.807) is 37.1 Å². The van der Waals surface area contributed by atoms with Gasteiger partial charge in [-0.05, 0) is 32.0 Å². The number of amides is 1. The third-order valence-corrected chi connectivity index (χ3v) is 4.32. The lowest BCUT2D eigenvalue weighted by atomic mass is 10.1. The predicted molar refractivity (Wildman–Crippen MR) is 101 cm³/mol. The number of likely N-dealkylation sites (N-methyl/N-ethyl adjacent to an activating group) is 1. The van der Waals surface area contributed by atoms with E-state index in [9.17, 15) is 25.0 Å². The van der Waals surface area contributed by atoms with Gasteiger partial charge < -0.3 is 5.32 Å². The van der Waals surface area contributed by atoms with E-state index in [0.29, 0.717) is 16.8 Å². The molecular formula is C18H20N4O5. The van der Waals surface area contributed by atoms with E-state index in [-0.39, 0.29) is 29.9 Å². The Morgan fingerprint density at radius 3 is 2.37 bits per heavy atom. The van der Waals surface area contributed by atoms with Crippen LogP contribution in [0, 0.1) is 27.2 Å². The Bertz CT molecular complexity index is 884. The third-order valence-electron chi connectivity index (χ3n) is 4.32. The van der Waals surface area contributed by atoms with E-state index in [1.165, 1.54) is 24.3 Å². The van der Waals surface area contributed by atoms with Crippen LogP contribution in [0.25, 0.3) is 0 Å². The number of hydrogen-bond acceptors (Lipinski definition) is 6. The predicted octanol–water partition coefficient (Wildman–Crippen LogP) is 3.44. The maximum absolute atomic E-state index is 12.3. The topological polar surface area (TPSA) is 119 Å². The minimum Gasteiger partial charge on any atom is -0.324 e. The highest BCUT2D eigenvalue weighted by Gasteiger charge is 2.18. The molecule has 142 valence electrons. The van der Waals surface area contributed by atoms with Crippen LogP contribution in [0.4, 0.5) is 17.1 Å². The molecule has 0 spiro atoms. The lowest BCUT2D eigenvalue weighted by Gasteiger charge is -2.24. The maximum atomic E-state index is 12.3. The molecule has 0 aliphatic heterocycles. The number of benzene rings is 2. The summed E-state index contributed by atoms with van der Waals surface area (Å²) in [5.41, 5.74) is 1.69. The summed E-state index contributed by atoms with van der Waals surface area (Å²) < 4.78 is 0. The molecule has 9 nitrogen and oxygen atoms in total. The van der Waals surface area contributed by atoms with Crippen molar-refractivity contribution in [3.8, 4) is 0 Å². The average Bonchev–Trinajstić information content (AvgIpc) is 2.62. The van der Waals surface area contributed by atoms with Crippen LogP contribution in [-0.2, 0) is 4.79 Å². The van der Waals surface area contributed by atoms with Gasteiger partial charge in [0.05, 0.1) is 22.1 Å². The van der Waals surface area contributed by atoms with Crippen molar-refractivity contribution < 1.29 is 14.6 Å². The number of nitrogens with zero attached hydrogens (tertiary/aromatic N) is 3. The lowest BCUT2D eigenvalue weighted by Crippen LogP contribution is -2.32. The van der Waals surface area contributed by atoms with Crippen LogP contribution in [0.15, 0.2) is 42.5 Å². The van der Waals surface area contributed by atoms with Crippen molar-refractivity contribution >= 4 is 23.0 Å². The highest BCUT2D eigenvalue weighted by atomic mass is 16.6. The number of nitro benzene ring substituents is 2. The van der Waals surface area contributed by atoms with E-state index in [1.807, 2.05) is 6.92 Å².